The van der Waals surface area contributed by atoms with Crippen molar-refractivity contribution in [3.8, 4) is 0 Å². The van der Waals surface area contributed by atoms with E-state index in [9.17, 15) is 14.0 Å². The number of pyridine rings is 1. The van der Waals surface area contributed by atoms with Crippen LogP contribution in [0.2, 0.25) is 5.15 Å². The van der Waals surface area contributed by atoms with Gasteiger partial charge in [-0.05, 0) is 17.5 Å². The predicted molar refractivity (Wildman–Crippen MR) is 68.4 cm³/mol. The average molecular weight is 301 g/mol. The summed E-state index contributed by atoms with van der Waals surface area (Å²) in [6.45, 7) is 0. The second kappa shape index (κ2) is 5.33. The molecule has 19 heavy (non-hydrogen) atoms. The zero-order valence-electron chi connectivity index (χ0n) is 9.18. The van der Waals surface area contributed by atoms with Gasteiger partial charge < -0.3 is 10.4 Å². The highest BCUT2D eigenvalue weighted by atomic mass is 35.5. The molecule has 0 atom stereocenters. The molecule has 1 amide bonds. The van der Waals surface area contributed by atoms with E-state index in [0.717, 1.165) is 23.6 Å². The summed E-state index contributed by atoms with van der Waals surface area (Å²) < 4.78 is 13.0. The standard InChI is InChI=1S/C11H6ClFN2O3S/c12-9-6(3-5(13)4-14-9)10(16)15-7-1-2-19-8(7)11(17)18/h1-4H,(H,15,16)(H,17,18). The molecule has 8 heteroatoms. The molecule has 0 saturated heterocycles. The number of carboxylic acid groups (broad SMARTS) is 1. The van der Waals surface area contributed by atoms with E-state index in [1.54, 1.807) is 0 Å². The topological polar surface area (TPSA) is 79.3 Å². The van der Waals surface area contributed by atoms with Crippen LogP contribution in [0, 0.1) is 5.82 Å². The number of halogens is 2. The molecule has 0 spiro atoms. The summed E-state index contributed by atoms with van der Waals surface area (Å²) in [5.41, 5.74) is -0.0352. The predicted octanol–water partition coefficient (Wildman–Crippen LogP) is 2.89. The normalized spacial score (nSPS) is 10.2. The first kappa shape index (κ1) is 13.4. The molecule has 2 rings (SSSR count). The number of aromatic carboxylic acids is 1. The number of nitrogens with zero attached hydrogens (tertiary/aromatic N) is 1. The lowest BCUT2D eigenvalue weighted by molar-refractivity contribution is 0.0703. The highest BCUT2D eigenvalue weighted by Gasteiger charge is 2.17. The lowest BCUT2D eigenvalue weighted by Gasteiger charge is -2.05. The minimum absolute atomic E-state index is 0.0196. The Hall–Kier alpha value is -1.99. The molecular formula is C11H6ClFN2O3S. The molecule has 0 aliphatic heterocycles. The number of rotatable bonds is 3. The van der Waals surface area contributed by atoms with Gasteiger partial charge in [-0.3, -0.25) is 4.79 Å². The number of carboxylic acids is 1. The first-order valence-electron chi connectivity index (χ1n) is 4.92. The number of anilines is 1. The maximum atomic E-state index is 13.0. The molecular weight excluding hydrogens is 295 g/mol. The molecule has 0 bridgehead atoms. The lowest BCUT2D eigenvalue weighted by atomic mass is 10.2. The van der Waals surface area contributed by atoms with Gasteiger partial charge in [0.1, 0.15) is 15.8 Å². The van der Waals surface area contributed by atoms with Crippen LogP contribution in [0.1, 0.15) is 20.0 Å². The summed E-state index contributed by atoms with van der Waals surface area (Å²) in [6, 6.07) is 2.37. The van der Waals surface area contributed by atoms with Crippen LogP contribution >= 0.6 is 22.9 Å². The molecule has 0 aromatic carbocycles. The molecule has 0 unspecified atom stereocenters. The van der Waals surface area contributed by atoms with Crippen LogP contribution in [-0.2, 0) is 0 Å². The van der Waals surface area contributed by atoms with Gasteiger partial charge in [0.25, 0.3) is 5.91 Å². The van der Waals surface area contributed by atoms with Crippen LogP contribution in [0.5, 0.6) is 0 Å². The Kier molecular flexibility index (Phi) is 3.77. The van der Waals surface area contributed by atoms with Gasteiger partial charge in [-0.1, -0.05) is 11.6 Å². The molecule has 98 valence electrons. The van der Waals surface area contributed by atoms with Crippen LogP contribution in [0.4, 0.5) is 10.1 Å². The number of thiophene rings is 1. The van der Waals surface area contributed by atoms with Crippen molar-refractivity contribution in [2.75, 3.05) is 5.32 Å². The molecule has 2 N–H and O–H groups in total. The van der Waals surface area contributed by atoms with Crippen LogP contribution in [0.15, 0.2) is 23.7 Å². The fourth-order valence-corrected chi connectivity index (χ4v) is 2.22. The number of carbonyl (C=O) groups is 2. The number of aromatic nitrogens is 1. The van der Waals surface area contributed by atoms with E-state index in [2.05, 4.69) is 10.3 Å². The summed E-state index contributed by atoms with van der Waals surface area (Å²) in [4.78, 5) is 26.2. The third-order valence-corrected chi connectivity index (χ3v) is 3.36. The first-order valence-corrected chi connectivity index (χ1v) is 6.18. The molecule has 5 nitrogen and oxygen atoms in total. The van der Waals surface area contributed by atoms with E-state index < -0.39 is 17.7 Å². The van der Waals surface area contributed by atoms with Crippen molar-refractivity contribution in [2.24, 2.45) is 0 Å². The number of carbonyl (C=O) groups excluding carboxylic acids is 1. The molecule has 0 radical (unpaired) electrons. The third kappa shape index (κ3) is 2.88. The highest BCUT2D eigenvalue weighted by Crippen LogP contribution is 2.23. The smallest absolute Gasteiger partial charge is 0.348 e. The summed E-state index contributed by atoms with van der Waals surface area (Å²) in [7, 11) is 0. The van der Waals surface area contributed by atoms with Gasteiger partial charge in [0.2, 0.25) is 0 Å². The van der Waals surface area contributed by atoms with Crippen molar-refractivity contribution in [1.82, 2.24) is 4.98 Å². The van der Waals surface area contributed by atoms with E-state index in [-0.39, 0.29) is 21.3 Å². The average Bonchev–Trinajstić information content (AvgIpc) is 2.80. The zero-order valence-corrected chi connectivity index (χ0v) is 10.8. The van der Waals surface area contributed by atoms with Crippen LogP contribution in [0.25, 0.3) is 0 Å². The van der Waals surface area contributed by atoms with Crippen LogP contribution < -0.4 is 5.32 Å². The van der Waals surface area contributed by atoms with Gasteiger partial charge in [0, 0.05) is 0 Å². The number of nitrogens with one attached hydrogen (secondary N) is 1. The number of amides is 1. The van der Waals surface area contributed by atoms with Crippen molar-refractivity contribution in [2.45, 2.75) is 0 Å². The van der Waals surface area contributed by atoms with Gasteiger partial charge in [-0.15, -0.1) is 11.3 Å². The van der Waals surface area contributed by atoms with E-state index in [0.29, 0.717) is 0 Å². The molecule has 0 aliphatic carbocycles. The SMILES string of the molecule is O=C(Nc1ccsc1C(=O)O)c1cc(F)cnc1Cl. The Bertz CT molecular complexity index is 659. The van der Waals surface area contributed by atoms with E-state index >= 15 is 0 Å². The van der Waals surface area contributed by atoms with Crippen molar-refractivity contribution in [3.05, 3.63) is 45.1 Å². The summed E-state index contributed by atoms with van der Waals surface area (Å²) in [6.07, 6.45) is 0.881. The van der Waals surface area contributed by atoms with Gasteiger partial charge in [0.05, 0.1) is 17.4 Å². The molecule has 0 saturated carbocycles. The van der Waals surface area contributed by atoms with E-state index in [4.69, 9.17) is 16.7 Å². The summed E-state index contributed by atoms with van der Waals surface area (Å²) in [5, 5.41) is 12.6. The van der Waals surface area contributed by atoms with Crippen molar-refractivity contribution >= 4 is 40.5 Å². The van der Waals surface area contributed by atoms with Gasteiger partial charge in [-0.2, -0.15) is 0 Å². The minimum Gasteiger partial charge on any atom is -0.477 e. The van der Waals surface area contributed by atoms with E-state index in [1.165, 1.54) is 11.4 Å². The summed E-state index contributed by atoms with van der Waals surface area (Å²) in [5.74, 6) is -2.59. The van der Waals surface area contributed by atoms with Crippen molar-refractivity contribution < 1.29 is 19.1 Å². The van der Waals surface area contributed by atoms with Crippen molar-refractivity contribution in [3.63, 3.8) is 0 Å². The molecule has 2 aromatic rings. The first-order chi connectivity index (χ1) is 8.99. The number of hydrogen-bond donors (Lipinski definition) is 2. The van der Waals surface area contributed by atoms with Crippen LogP contribution in [-0.4, -0.2) is 22.0 Å². The molecule has 0 fully saturated rings. The Morgan fingerprint density at radius 3 is 2.89 bits per heavy atom. The molecule has 0 aliphatic rings. The Morgan fingerprint density at radius 2 is 2.21 bits per heavy atom. The quantitative estimate of drug-likeness (QED) is 0.854. The van der Waals surface area contributed by atoms with Gasteiger partial charge >= 0.3 is 5.97 Å². The maximum Gasteiger partial charge on any atom is 0.348 e. The molecule has 2 heterocycles. The minimum atomic E-state index is -1.16. The number of hydrogen-bond acceptors (Lipinski definition) is 4. The lowest BCUT2D eigenvalue weighted by Crippen LogP contribution is -2.14. The second-order valence-corrected chi connectivity index (χ2v) is 4.69. The maximum absolute atomic E-state index is 13.0. The summed E-state index contributed by atoms with van der Waals surface area (Å²) >= 11 is 6.65. The zero-order chi connectivity index (χ0) is 14.0. The monoisotopic (exact) mass is 300 g/mol. The Labute approximate surface area is 115 Å². The highest BCUT2D eigenvalue weighted by molar-refractivity contribution is 7.12. The fourth-order valence-electron chi connectivity index (χ4n) is 1.34. The fraction of sp³-hybridized carbons (Fsp3) is 0. The molecule has 2 aromatic heterocycles. The third-order valence-electron chi connectivity index (χ3n) is 2.16. The Morgan fingerprint density at radius 1 is 1.47 bits per heavy atom. The van der Waals surface area contributed by atoms with Gasteiger partial charge in [0.15, 0.2) is 0 Å². The largest absolute Gasteiger partial charge is 0.477 e. The van der Waals surface area contributed by atoms with Crippen molar-refractivity contribution in [1.29, 1.82) is 0 Å². The Balaban J connectivity index is 2.28. The van der Waals surface area contributed by atoms with Gasteiger partial charge in [-0.25, -0.2) is 14.2 Å². The van der Waals surface area contributed by atoms with Crippen LogP contribution in [0.3, 0.4) is 0 Å². The van der Waals surface area contributed by atoms with E-state index in [1.807, 2.05) is 0 Å². The second-order valence-electron chi connectivity index (χ2n) is 3.41.